The van der Waals surface area contributed by atoms with Crippen molar-refractivity contribution in [2.24, 2.45) is 0 Å². The minimum Gasteiger partial charge on any atom is -0.301 e. The first-order valence-electron chi connectivity index (χ1n) is 8.71. The van der Waals surface area contributed by atoms with Crippen molar-refractivity contribution >= 4 is 0 Å². The number of nitrogens with zero attached hydrogens (tertiary/aromatic N) is 3. The summed E-state index contributed by atoms with van der Waals surface area (Å²) in [4.78, 5) is 9.61. The van der Waals surface area contributed by atoms with Crippen LogP contribution in [0.3, 0.4) is 0 Å². The fraction of sp³-hybridized carbons (Fsp3) is 0.450. The Bertz CT molecular complexity index is 570. The number of hydrogen-bond acceptors (Lipinski definition) is 3. The average molecular weight is 309 g/mol. The van der Waals surface area contributed by atoms with Crippen LogP contribution in [-0.2, 0) is 6.54 Å². The molecule has 2 heterocycles. The van der Waals surface area contributed by atoms with Crippen LogP contribution in [0.1, 0.15) is 30.5 Å². The number of rotatable bonds is 5. The molecular formula is C20H27N3. The summed E-state index contributed by atoms with van der Waals surface area (Å²) in [7, 11) is 0. The van der Waals surface area contributed by atoms with Gasteiger partial charge in [-0.15, -0.1) is 0 Å². The molecule has 3 heteroatoms. The quantitative estimate of drug-likeness (QED) is 0.844. The molecule has 1 saturated heterocycles. The summed E-state index contributed by atoms with van der Waals surface area (Å²) in [6.07, 6.45) is 3.13. The zero-order valence-corrected chi connectivity index (χ0v) is 14.1. The van der Waals surface area contributed by atoms with Crippen LogP contribution < -0.4 is 0 Å². The van der Waals surface area contributed by atoms with Gasteiger partial charge >= 0.3 is 0 Å². The van der Waals surface area contributed by atoms with Gasteiger partial charge in [-0.2, -0.15) is 0 Å². The number of hydrogen-bond donors (Lipinski definition) is 0. The van der Waals surface area contributed by atoms with Gasteiger partial charge in [0.15, 0.2) is 0 Å². The van der Waals surface area contributed by atoms with Crippen molar-refractivity contribution in [3.8, 4) is 0 Å². The summed E-state index contributed by atoms with van der Waals surface area (Å²) >= 11 is 0. The molecule has 2 aromatic rings. The van der Waals surface area contributed by atoms with Gasteiger partial charge < -0.3 is 4.90 Å². The second kappa shape index (κ2) is 8.23. The summed E-state index contributed by atoms with van der Waals surface area (Å²) in [5, 5.41) is 0. The Balaban J connectivity index is 1.50. The molecule has 0 radical (unpaired) electrons. The van der Waals surface area contributed by atoms with E-state index in [0.717, 1.165) is 26.2 Å². The molecule has 1 unspecified atom stereocenters. The van der Waals surface area contributed by atoms with Crippen molar-refractivity contribution in [3.05, 3.63) is 66.0 Å². The van der Waals surface area contributed by atoms with E-state index in [1.165, 1.54) is 30.8 Å². The van der Waals surface area contributed by atoms with E-state index in [1.54, 1.807) is 0 Å². The standard InChI is InChI=1S/C20H27N3/c1-18(19-8-3-2-4-9-19)16-22-12-7-13-23(15-14-22)17-20-10-5-6-11-21-20/h2-6,8-11,18H,7,12-17H2,1H3. The highest BCUT2D eigenvalue weighted by molar-refractivity contribution is 5.19. The van der Waals surface area contributed by atoms with E-state index < -0.39 is 0 Å². The molecule has 23 heavy (non-hydrogen) atoms. The van der Waals surface area contributed by atoms with Crippen molar-refractivity contribution in [1.82, 2.24) is 14.8 Å². The van der Waals surface area contributed by atoms with Crippen molar-refractivity contribution in [2.45, 2.75) is 25.8 Å². The maximum atomic E-state index is 4.46. The highest BCUT2D eigenvalue weighted by Gasteiger charge is 2.17. The Labute approximate surface area is 140 Å². The van der Waals surface area contributed by atoms with E-state index in [-0.39, 0.29) is 0 Å². The molecule has 122 valence electrons. The van der Waals surface area contributed by atoms with Gasteiger partial charge in [-0.1, -0.05) is 43.3 Å². The molecule has 0 N–H and O–H groups in total. The maximum absolute atomic E-state index is 4.46. The molecule has 1 aromatic carbocycles. The van der Waals surface area contributed by atoms with Crippen molar-refractivity contribution < 1.29 is 0 Å². The smallest absolute Gasteiger partial charge is 0.0543 e. The van der Waals surface area contributed by atoms with E-state index in [2.05, 4.69) is 64.2 Å². The average Bonchev–Trinajstić information content (AvgIpc) is 2.82. The van der Waals surface area contributed by atoms with Gasteiger partial charge in [0.25, 0.3) is 0 Å². The molecule has 3 rings (SSSR count). The highest BCUT2D eigenvalue weighted by atomic mass is 15.2. The Morgan fingerprint density at radius 3 is 2.43 bits per heavy atom. The van der Waals surface area contributed by atoms with Gasteiger partial charge in [0, 0.05) is 32.4 Å². The molecule has 0 bridgehead atoms. The Morgan fingerprint density at radius 1 is 0.913 bits per heavy atom. The predicted molar refractivity (Wildman–Crippen MR) is 95.4 cm³/mol. The van der Waals surface area contributed by atoms with Gasteiger partial charge in [0.1, 0.15) is 0 Å². The number of pyridine rings is 1. The molecule has 1 aliphatic rings. The monoisotopic (exact) mass is 309 g/mol. The van der Waals surface area contributed by atoms with Crippen LogP contribution in [0.15, 0.2) is 54.7 Å². The molecule has 0 saturated carbocycles. The molecule has 1 atom stereocenters. The summed E-state index contributed by atoms with van der Waals surface area (Å²) < 4.78 is 0. The minimum absolute atomic E-state index is 0.596. The Morgan fingerprint density at radius 2 is 1.65 bits per heavy atom. The lowest BCUT2D eigenvalue weighted by Gasteiger charge is -2.24. The normalized spacial score (nSPS) is 18.5. The van der Waals surface area contributed by atoms with E-state index in [9.17, 15) is 0 Å². The van der Waals surface area contributed by atoms with E-state index in [0.29, 0.717) is 5.92 Å². The van der Waals surface area contributed by atoms with Crippen molar-refractivity contribution in [3.63, 3.8) is 0 Å². The van der Waals surface area contributed by atoms with Crippen LogP contribution in [-0.4, -0.2) is 47.5 Å². The third-order valence-corrected chi connectivity index (χ3v) is 4.69. The number of benzene rings is 1. The molecule has 3 nitrogen and oxygen atoms in total. The van der Waals surface area contributed by atoms with Gasteiger partial charge in [-0.25, -0.2) is 0 Å². The van der Waals surface area contributed by atoms with Gasteiger partial charge in [0.2, 0.25) is 0 Å². The van der Waals surface area contributed by atoms with Crippen LogP contribution in [0.2, 0.25) is 0 Å². The Hall–Kier alpha value is -1.71. The molecule has 0 amide bonds. The lowest BCUT2D eigenvalue weighted by Crippen LogP contribution is -2.33. The first-order chi connectivity index (χ1) is 11.3. The summed E-state index contributed by atoms with van der Waals surface area (Å²) in [6, 6.07) is 17.1. The second-order valence-electron chi connectivity index (χ2n) is 6.56. The lowest BCUT2D eigenvalue weighted by atomic mass is 10.0. The van der Waals surface area contributed by atoms with Gasteiger partial charge in [0.05, 0.1) is 5.69 Å². The summed E-state index contributed by atoms with van der Waals surface area (Å²) in [5.74, 6) is 0.596. The number of aromatic nitrogens is 1. The van der Waals surface area contributed by atoms with E-state index >= 15 is 0 Å². The highest BCUT2D eigenvalue weighted by Crippen LogP contribution is 2.17. The third-order valence-electron chi connectivity index (χ3n) is 4.69. The molecule has 0 spiro atoms. The maximum Gasteiger partial charge on any atom is 0.0543 e. The fourth-order valence-electron chi connectivity index (χ4n) is 3.36. The first kappa shape index (κ1) is 16.2. The van der Waals surface area contributed by atoms with E-state index in [1.807, 2.05) is 12.3 Å². The topological polar surface area (TPSA) is 19.4 Å². The van der Waals surface area contributed by atoms with Crippen LogP contribution in [0.5, 0.6) is 0 Å². The lowest BCUT2D eigenvalue weighted by molar-refractivity contribution is 0.243. The Kier molecular flexibility index (Phi) is 5.78. The van der Waals surface area contributed by atoms with Crippen LogP contribution >= 0.6 is 0 Å². The SMILES string of the molecule is CC(CN1CCCN(Cc2ccccn2)CC1)c1ccccc1. The minimum atomic E-state index is 0.596. The zero-order chi connectivity index (χ0) is 15.9. The van der Waals surface area contributed by atoms with Gasteiger partial charge in [-0.3, -0.25) is 9.88 Å². The van der Waals surface area contributed by atoms with Crippen LogP contribution in [0.4, 0.5) is 0 Å². The second-order valence-corrected chi connectivity index (χ2v) is 6.56. The van der Waals surface area contributed by atoms with Crippen LogP contribution in [0.25, 0.3) is 0 Å². The predicted octanol–water partition coefficient (Wildman–Crippen LogP) is 3.39. The van der Waals surface area contributed by atoms with Gasteiger partial charge in [-0.05, 0) is 43.1 Å². The summed E-state index contributed by atoms with van der Waals surface area (Å²) in [5.41, 5.74) is 2.63. The zero-order valence-electron chi connectivity index (χ0n) is 14.1. The molecule has 1 aromatic heterocycles. The first-order valence-corrected chi connectivity index (χ1v) is 8.71. The van der Waals surface area contributed by atoms with Crippen LogP contribution in [0, 0.1) is 0 Å². The summed E-state index contributed by atoms with van der Waals surface area (Å²) in [6.45, 7) is 9.14. The van der Waals surface area contributed by atoms with Crippen molar-refractivity contribution in [2.75, 3.05) is 32.7 Å². The third kappa shape index (κ3) is 4.88. The molecular weight excluding hydrogens is 282 g/mol. The molecule has 1 aliphatic heterocycles. The largest absolute Gasteiger partial charge is 0.301 e. The fourth-order valence-corrected chi connectivity index (χ4v) is 3.36. The van der Waals surface area contributed by atoms with Crippen molar-refractivity contribution in [1.29, 1.82) is 0 Å². The van der Waals surface area contributed by atoms with E-state index in [4.69, 9.17) is 0 Å². The molecule has 1 fully saturated rings. The molecule has 0 aliphatic carbocycles.